The number of halogens is 4. The monoisotopic (exact) mass is 508 g/mol. The van der Waals surface area contributed by atoms with Crippen LogP contribution in [0.25, 0.3) is 0 Å². The first-order valence-electron chi connectivity index (χ1n) is 11.2. The summed E-state index contributed by atoms with van der Waals surface area (Å²) in [6.07, 6.45) is -3.52. The highest BCUT2D eigenvalue weighted by molar-refractivity contribution is 6.32. The quantitative estimate of drug-likeness (QED) is 0.528. The van der Waals surface area contributed by atoms with Gasteiger partial charge in [0.25, 0.3) is 0 Å². The van der Waals surface area contributed by atoms with E-state index in [0.29, 0.717) is 17.9 Å². The third-order valence-corrected chi connectivity index (χ3v) is 7.35. The first kappa shape index (κ1) is 25.2. The van der Waals surface area contributed by atoms with Gasteiger partial charge in [0.15, 0.2) is 0 Å². The predicted molar refractivity (Wildman–Crippen MR) is 123 cm³/mol. The van der Waals surface area contributed by atoms with E-state index in [2.05, 4.69) is 5.32 Å². The average Bonchev–Trinajstić information content (AvgIpc) is 3.28. The Morgan fingerprint density at radius 1 is 1.17 bits per heavy atom. The molecule has 0 aromatic heterocycles. The maximum Gasteiger partial charge on any atom is 0.416 e. The summed E-state index contributed by atoms with van der Waals surface area (Å²) < 4.78 is 40.2. The van der Waals surface area contributed by atoms with Crippen LogP contribution in [0.3, 0.4) is 0 Å². The van der Waals surface area contributed by atoms with E-state index >= 15 is 0 Å². The molecule has 2 aliphatic rings. The van der Waals surface area contributed by atoms with Gasteiger partial charge in [-0.25, -0.2) is 4.90 Å². The van der Waals surface area contributed by atoms with Crippen LogP contribution in [-0.4, -0.2) is 28.4 Å². The number of carboxylic acid groups (broad SMARTS) is 1. The van der Waals surface area contributed by atoms with Gasteiger partial charge in [0.2, 0.25) is 11.8 Å². The summed E-state index contributed by atoms with van der Waals surface area (Å²) in [5, 5.41) is 13.5. The molecule has 2 N–H and O–H groups in total. The summed E-state index contributed by atoms with van der Waals surface area (Å²) in [6.45, 7) is 3.61. The second-order valence-corrected chi connectivity index (χ2v) is 9.48. The number of anilines is 1. The topological polar surface area (TPSA) is 86.7 Å². The Labute approximate surface area is 205 Å². The smallest absolute Gasteiger partial charge is 0.416 e. The van der Waals surface area contributed by atoms with Crippen molar-refractivity contribution in [2.45, 2.75) is 50.9 Å². The van der Waals surface area contributed by atoms with Crippen molar-refractivity contribution in [3.63, 3.8) is 0 Å². The number of hydrogen-bond donors (Lipinski definition) is 2. The first-order valence-corrected chi connectivity index (χ1v) is 11.6. The van der Waals surface area contributed by atoms with Crippen molar-refractivity contribution in [1.29, 1.82) is 0 Å². The third kappa shape index (κ3) is 4.10. The lowest BCUT2D eigenvalue weighted by Gasteiger charge is -2.31. The number of rotatable bonds is 6. The number of carboxylic acids is 1. The Bertz CT molecular complexity index is 1200. The normalized spacial score (nSPS) is 26.3. The molecular formula is C25H24ClF3N2O4. The highest BCUT2D eigenvalue weighted by Gasteiger charge is 2.68. The van der Waals surface area contributed by atoms with Gasteiger partial charge in [-0.05, 0) is 48.7 Å². The molecule has 2 aromatic rings. The number of nitrogens with one attached hydrogen (secondary N) is 1. The van der Waals surface area contributed by atoms with E-state index in [1.807, 2.05) is 6.92 Å². The molecular weight excluding hydrogens is 485 g/mol. The number of nitrogens with zero attached hydrogens (tertiary/aromatic N) is 1. The van der Waals surface area contributed by atoms with Crippen molar-refractivity contribution in [2.75, 3.05) is 4.90 Å². The maximum absolute atomic E-state index is 13.7. The van der Waals surface area contributed by atoms with Crippen molar-refractivity contribution >= 4 is 35.1 Å². The van der Waals surface area contributed by atoms with Crippen molar-refractivity contribution in [3.05, 3.63) is 64.2 Å². The molecule has 0 spiro atoms. The fourth-order valence-electron chi connectivity index (χ4n) is 5.16. The van der Waals surface area contributed by atoms with E-state index in [1.54, 1.807) is 19.1 Å². The van der Waals surface area contributed by atoms with Gasteiger partial charge in [-0.1, -0.05) is 49.6 Å². The maximum atomic E-state index is 13.7. The molecule has 186 valence electrons. The number of aryl methyl sites for hydroxylation is 1. The summed E-state index contributed by atoms with van der Waals surface area (Å²) in [4.78, 5) is 40.9. The number of carbonyl (C=O) groups excluding carboxylic acids is 2. The molecule has 2 aromatic carbocycles. The molecule has 2 heterocycles. The molecule has 2 amide bonds. The van der Waals surface area contributed by atoms with Crippen LogP contribution in [0.2, 0.25) is 5.02 Å². The van der Waals surface area contributed by atoms with Crippen LogP contribution in [0.5, 0.6) is 0 Å². The van der Waals surface area contributed by atoms with E-state index in [-0.39, 0.29) is 17.7 Å². The van der Waals surface area contributed by atoms with E-state index in [1.165, 1.54) is 18.2 Å². The summed E-state index contributed by atoms with van der Waals surface area (Å²) in [6, 6.07) is 7.95. The van der Waals surface area contributed by atoms with E-state index < -0.39 is 52.9 Å². The van der Waals surface area contributed by atoms with Gasteiger partial charge in [0, 0.05) is 11.1 Å². The number of benzene rings is 2. The Hall–Kier alpha value is -2.91. The lowest BCUT2D eigenvalue weighted by molar-refractivity contribution is -0.149. The van der Waals surface area contributed by atoms with Crippen LogP contribution in [-0.2, 0) is 20.6 Å². The zero-order valence-electron chi connectivity index (χ0n) is 19.0. The van der Waals surface area contributed by atoms with Gasteiger partial charge < -0.3 is 5.11 Å². The number of unbranched alkanes of at least 4 members (excludes halogenated alkanes) is 1. The Balaban J connectivity index is 1.86. The van der Waals surface area contributed by atoms with Crippen LogP contribution >= 0.6 is 11.6 Å². The largest absolute Gasteiger partial charge is 0.480 e. The lowest BCUT2D eigenvalue weighted by atomic mass is 9.76. The number of amides is 2. The highest BCUT2D eigenvalue weighted by Crippen LogP contribution is 2.52. The number of hydrogen-bond acceptors (Lipinski definition) is 4. The van der Waals surface area contributed by atoms with Crippen molar-refractivity contribution in [3.8, 4) is 0 Å². The fourth-order valence-corrected chi connectivity index (χ4v) is 5.34. The number of aliphatic carboxylic acids is 1. The predicted octanol–water partition coefficient (Wildman–Crippen LogP) is 5.13. The molecule has 4 unspecified atom stereocenters. The molecule has 2 aliphatic heterocycles. The SMILES string of the molecule is CCCCC1(C(=O)O)NC(c2cccc(C(F)(F)F)c2)C2C(=O)N(c3ccc(C)c(Cl)c3)C(=O)C21. The zero-order valence-corrected chi connectivity index (χ0v) is 19.8. The molecule has 2 fully saturated rings. The molecule has 2 saturated heterocycles. The number of imide groups is 1. The number of alkyl halides is 3. The lowest BCUT2D eigenvalue weighted by Crippen LogP contribution is -2.55. The van der Waals surface area contributed by atoms with Crippen LogP contribution in [0, 0.1) is 18.8 Å². The Kier molecular flexibility index (Phi) is 6.44. The second kappa shape index (κ2) is 8.95. The summed E-state index contributed by atoms with van der Waals surface area (Å²) in [5.74, 6) is -5.19. The molecule has 4 rings (SSSR count). The van der Waals surface area contributed by atoms with Crippen LogP contribution in [0.15, 0.2) is 42.5 Å². The van der Waals surface area contributed by atoms with Crippen molar-refractivity contribution in [2.24, 2.45) is 11.8 Å². The first-order chi connectivity index (χ1) is 16.4. The molecule has 0 bridgehead atoms. The van der Waals surface area contributed by atoms with Gasteiger partial charge in [-0.15, -0.1) is 0 Å². The minimum Gasteiger partial charge on any atom is -0.480 e. The van der Waals surface area contributed by atoms with Crippen LogP contribution in [0.1, 0.15) is 48.9 Å². The van der Waals surface area contributed by atoms with Gasteiger partial charge in [-0.2, -0.15) is 13.2 Å². The number of fused-ring (bicyclic) bond motifs is 1. The minimum atomic E-state index is -4.62. The van der Waals surface area contributed by atoms with Gasteiger partial charge >= 0.3 is 12.1 Å². The van der Waals surface area contributed by atoms with E-state index in [4.69, 9.17) is 11.6 Å². The Morgan fingerprint density at radius 2 is 1.89 bits per heavy atom. The van der Waals surface area contributed by atoms with Crippen molar-refractivity contribution < 1.29 is 32.7 Å². The summed E-state index contributed by atoms with van der Waals surface area (Å²) >= 11 is 6.21. The molecule has 0 saturated carbocycles. The van der Waals surface area contributed by atoms with Crippen LogP contribution in [0.4, 0.5) is 18.9 Å². The molecule has 10 heteroatoms. The summed E-state index contributed by atoms with van der Waals surface area (Å²) in [7, 11) is 0. The van der Waals surface area contributed by atoms with Gasteiger partial charge in [-0.3, -0.25) is 19.7 Å². The zero-order chi connectivity index (χ0) is 25.7. The second-order valence-electron chi connectivity index (χ2n) is 9.07. The van der Waals surface area contributed by atoms with Gasteiger partial charge in [0.05, 0.1) is 23.1 Å². The number of carbonyl (C=O) groups is 3. The fraction of sp³-hybridized carbons (Fsp3) is 0.400. The molecule has 4 atom stereocenters. The molecule has 6 nitrogen and oxygen atoms in total. The third-order valence-electron chi connectivity index (χ3n) is 6.95. The highest BCUT2D eigenvalue weighted by atomic mass is 35.5. The van der Waals surface area contributed by atoms with Gasteiger partial charge in [0.1, 0.15) is 5.54 Å². The molecule has 0 radical (unpaired) electrons. The van der Waals surface area contributed by atoms with Crippen LogP contribution < -0.4 is 10.2 Å². The van der Waals surface area contributed by atoms with Crippen molar-refractivity contribution in [1.82, 2.24) is 5.32 Å². The average molecular weight is 509 g/mol. The van der Waals surface area contributed by atoms with E-state index in [9.17, 15) is 32.7 Å². The minimum absolute atomic E-state index is 0.0387. The standard InChI is InChI=1S/C25H24ClF3N2O4/c1-3-4-10-24(23(34)35)19-18(20(30-24)14-6-5-7-15(11-14)25(27,28)29)21(32)31(22(19)33)16-9-8-13(2)17(26)12-16/h5-9,11-12,18-20,30H,3-4,10H2,1-2H3,(H,34,35). The van der Waals surface area contributed by atoms with E-state index in [0.717, 1.165) is 22.6 Å². The summed E-state index contributed by atoms with van der Waals surface area (Å²) in [5.41, 5.74) is -1.72. The Morgan fingerprint density at radius 3 is 2.49 bits per heavy atom. The molecule has 0 aliphatic carbocycles. The molecule has 35 heavy (non-hydrogen) atoms.